The standard InChI is InChI=1S/C26H36N2O2/c1-3-30-21-26(15-13-23-7-5-4-6-8-23)16-19-28(20-17-26)18-14-24-9-11-25(12-10-24)27-22(2)29/h4-12H,3,13-21H2,1-2H3,(H,27,29). The summed E-state index contributed by atoms with van der Waals surface area (Å²) in [7, 11) is 0. The quantitative estimate of drug-likeness (QED) is 0.605. The number of benzene rings is 2. The highest BCUT2D eigenvalue weighted by Gasteiger charge is 2.34. The van der Waals surface area contributed by atoms with Crippen LogP contribution in [0.1, 0.15) is 44.2 Å². The van der Waals surface area contributed by atoms with E-state index in [1.807, 2.05) is 12.1 Å². The summed E-state index contributed by atoms with van der Waals surface area (Å²) in [6, 6.07) is 19.1. The van der Waals surface area contributed by atoms with Crippen LogP contribution in [-0.2, 0) is 22.4 Å². The van der Waals surface area contributed by atoms with E-state index in [1.165, 1.54) is 37.3 Å². The molecule has 4 nitrogen and oxygen atoms in total. The van der Waals surface area contributed by atoms with Gasteiger partial charge in [0.25, 0.3) is 0 Å². The van der Waals surface area contributed by atoms with Crippen LogP contribution in [0.4, 0.5) is 5.69 Å². The maximum Gasteiger partial charge on any atom is 0.221 e. The Balaban J connectivity index is 1.48. The molecule has 2 aromatic carbocycles. The van der Waals surface area contributed by atoms with Gasteiger partial charge in [-0.25, -0.2) is 0 Å². The molecule has 0 radical (unpaired) electrons. The number of rotatable bonds is 10. The summed E-state index contributed by atoms with van der Waals surface area (Å²) < 4.78 is 5.92. The van der Waals surface area contributed by atoms with E-state index < -0.39 is 0 Å². The summed E-state index contributed by atoms with van der Waals surface area (Å²) in [6.45, 7) is 8.69. The maximum atomic E-state index is 11.1. The molecular weight excluding hydrogens is 372 g/mol. The Morgan fingerprint density at radius 1 is 1.00 bits per heavy atom. The second-order valence-corrected chi connectivity index (χ2v) is 8.59. The first-order valence-electron chi connectivity index (χ1n) is 11.3. The largest absolute Gasteiger partial charge is 0.381 e. The van der Waals surface area contributed by atoms with Gasteiger partial charge in [-0.15, -0.1) is 0 Å². The van der Waals surface area contributed by atoms with Crippen LogP contribution in [0.5, 0.6) is 0 Å². The zero-order chi connectivity index (χ0) is 21.2. The molecule has 1 fully saturated rings. The molecule has 0 atom stereocenters. The number of ether oxygens (including phenoxy) is 1. The molecule has 3 rings (SSSR count). The van der Waals surface area contributed by atoms with Crippen molar-refractivity contribution in [3.8, 4) is 0 Å². The van der Waals surface area contributed by atoms with Crippen molar-refractivity contribution >= 4 is 11.6 Å². The summed E-state index contributed by atoms with van der Waals surface area (Å²) in [5.41, 5.74) is 3.92. The molecule has 1 aliphatic heterocycles. The van der Waals surface area contributed by atoms with Crippen LogP contribution < -0.4 is 5.32 Å². The highest BCUT2D eigenvalue weighted by atomic mass is 16.5. The van der Waals surface area contributed by atoms with Crippen molar-refractivity contribution < 1.29 is 9.53 Å². The average Bonchev–Trinajstić information content (AvgIpc) is 2.77. The molecule has 1 heterocycles. The van der Waals surface area contributed by atoms with E-state index in [0.717, 1.165) is 51.4 Å². The zero-order valence-corrected chi connectivity index (χ0v) is 18.5. The van der Waals surface area contributed by atoms with E-state index in [2.05, 4.69) is 59.6 Å². The first-order chi connectivity index (χ1) is 14.6. The van der Waals surface area contributed by atoms with E-state index >= 15 is 0 Å². The lowest BCUT2D eigenvalue weighted by atomic mass is 9.74. The first kappa shape index (κ1) is 22.5. The van der Waals surface area contributed by atoms with Crippen LogP contribution in [0.2, 0.25) is 0 Å². The maximum absolute atomic E-state index is 11.1. The molecule has 1 aliphatic rings. The van der Waals surface area contributed by atoms with Crippen LogP contribution in [-0.4, -0.2) is 43.7 Å². The molecule has 2 aromatic rings. The highest BCUT2D eigenvalue weighted by Crippen LogP contribution is 2.36. The van der Waals surface area contributed by atoms with E-state index in [9.17, 15) is 4.79 Å². The number of carbonyl (C=O) groups excluding carboxylic acids is 1. The van der Waals surface area contributed by atoms with Crippen LogP contribution in [0.25, 0.3) is 0 Å². The number of nitrogens with zero attached hydrogens (tertiary/aromatic N) is 1. The molecule has 0 bridgehead atoms. The summed E-state index contributed by atoms with van der Waals surface area (Å²) in [5, 5.41) is 2.83. The Bertz CT molecular complexity index is 765. The Morgan fingerprint density at radius 3 is 2.30 bits per heavy atom. The van der Waals surface area contributed by atoms with Crippen molar-refractivity contribution in [2.75, 3.05) is 38.2 Å². The van der Waals surface area contributed by atoms with Crippen LogP contribution in [0.3, 0.4) is 0 Å². The number of nitrogens with one attached hydrogen (secondary N) is 1. The predicted octanol–water partition coefficient (Wildman–Crippen LogP) is 4.94. The number of hydrogen-bond donors (Lipinski definition) is 1. The number of anilines is 1. The second kappa shape index (κ2) is 11.3. The third-order valence-corrected chi connectivity index (χ3v) is 6.31. The smallest absolute Gasteiger partial charge is 0.221 e. The van der Waals surface area contributed by atoms with Gasteiger partial charge >= 0.3 is 0 Å². The van der Waals surface area contributed by atoms with Crippen molar-refractivity contribution in [2.24, 2.45) is 5.41 Å². The van der Waals surface area contributed by atoms with Crippen LogP contribution in [0, 0.1) is 5.41 Å². The molecule has 0 unspecified atom stereocenters. The summed E-state index contributed by atoms with van der Waals surface area (Å²) in [5.74, 6) is -0.0288. The number of amides is 1. The van der Waals surface area contributed by atoms with Gasteiger partial charge in [0.1, 0.15) is 0 Å². The van der Waals surface area contributed by atoms with E-state index in [4.69, 9.17) is 4.74 Å². The Kier molecular flexibility index (Phi) is 8.47. The van der Waals surface area contributed by atoms with Crippen LogP contribution >= 0.6 is 0 Å². The van der Waals surface area contributed by atoms with Gasteiger partial charge in [0, 0.05) is 25.8 Å². The molecule has 4 heteroatoms. The monoisotopic (exact) mass is 408 g/mol. The molecule has 0 spiro atoms. The third-order valence-electron chi connectivity index (χ3n) is 6.31. The average molecular weight is 409 g/mol. The van der Waals surface area contributed by atoms with E-state index in [-0.39, 0.29) is 5.91 Å². The van der Waals surface area contributed by atoms with Crippen LogP contribution in [0.15, 0.2) is 54.6 Å². The van der Waals surface area contributed by atoms with Gasteiger partial charge < -0.3 is 15.0 Å². The zero-order valence-electron chi connectivity index (χ0n) is 18.5. The van der Waals surface area contributed by atoms with Gasteiger partial charge in [0.2, 0.25) is 5.91 Å². The van der Waals surface area contributed by atoms with Gasteiger partial charge in [0.15, 0.2) is 0 Å². The van der Waals surface area contributed by atoms with Gasteiger partial charge in [-0.1, -0.05) is 42.5 Å². The normalized spacial score (nSPS) is 16.3. The number of aryl methyl sites for hydroxylation is 1. The lowest BCUT2D eigenvalue weighted by Gasteiger charge is -2.42. The van der Waals surface area contributed by atoms with Crippen molar-refractivity contribution in [1.29, 1.82) is 0 Å². The molecule has 0 aromatic heterocycles. The second-order valence-electron chi connectivity index (χ2n) is 8.59. The molecule has 30 heavy (non-hydrogen) atoms. The Labute approximate surface area is 181 Å². The topological polar surface area (TPSA) is 41.6 Å². The van der Waals surface area contributed by atoms with Crippen molar-refractivity contribution in [3.05, 3.63) is 65.7 Å². The third kappa shape index (κ3) is 6.96. The summed E-state index contributed by atoms with van der Waals surface area (Å²) in [6.07, 6.45) is 5.80. The van der Waals surface area contributed by atoms with Gasteiger partial charge in [-0.05, 0) is 80.8 Å². The summed E-state index contributed by atoms with van der Waals surface area (Å²) in [4.78, 5) is 13.7. The molecular formula is C26H36N2O2. The number of hydrogen-bond acceptors (Lipinski definition) is 3. The van der Waals surface area contributed by atoms with E-state index in [1.54, 1.807) is 0 Å². The number of piperidine rings is 1. The fourth-order valence-corrected chi connectivity index (χ4v) is 4.34. The SMILES string of the molecule is CCOCC1(CCc2ccccc2)CCN(CCc2ccc(NC(C)=O)cc2)CC1. The van der Waals surface area contributed by atoms with Crippen molar-refractivity contribution in [2.45, 2.75) is 46.0 Å². The predicted molar refractivity (Wildman–Crippen MR) is 124 cm³/mol. The number of carbonyl (C=O) groups is 1. The van der Waals surface area contributed by atoms with Crippen molar-refractivity contribution in [3.63, 3.8) is 0 Å². The minimum absolute atomic E-state index is 0.0288. The minimum atomic E-state index is -0.0288. The fourth-order valence-electron chi connectivity index (χ4n) is 4.34. The molecule has 1 saturated heterocycles. The first-order valence-corrected chi connectivity index (χ1v) is 11.3. The van der Waals surface area contributed by atoms with Gasteiger partial charge in [-0.3, -0.25) is 4.79 Å². The molecule has 0 saturated carbocycles. The van der Waals surface area contributed by atoms with Crippen molar-refractivity contribution in [1.82, 2.24) is 4.90 Å². The lowest BCUT2D eigenvalue weighted by molar-refractivity contribution is -0.114. The molecule has 162 valence electrons. The molecule has 1 amide bonds. The molecule has 1 N–H and O–H groups in total. The number of likely N-dealkylation sites (tertiary alicyclic amines) is 1. The van der Waals surface area contributed by atoms with Gasteiger partial charge in [0.05, 0.1) is 6.61 Å². The minimum Gasteiger partial charge on any atom is -0.381 e. The fraction of sp³-hybridized carbons (Fsp3) is 0.500. The highest BCUT2D eigenvalue weighted by molar-refractivity contribution is 5.88. The molecule has 0 aliphatic carbocycles. The summed E-state index contributed by atoms with van der Waals surface area (Å²) >= 11 is 0. The van der Waals surface area contributed by atoms with Gasteiger partial charge in [-0.2, -0.15) is 0 Å². The lowest BCUT2D eigenvalue weighted by Crippen LogP contribution is -2.43. The Morgan fingerprint density at radius 2 is 1.67 bits per heavy atom. The Hall–Kier alpha value is -2.17. The van der Waals surface area contributed by atoms with E-state index in [0.29, 0.717) is 5.41 Å².